The predicted octanol–water partition coefficient (Wildman–Crippen LogP) is 2.94. The molecule has 6 rings (SSSR count). The van der Waals surface area contributed by atoms with Crippen molar-refractivity contribution in [2.24, 2.45) is 4.99 Å². The molecule has 0 spiro atoms. The fourth-order valence-electron chi connectivity index (χ4n) is 5.27. The molecule has 2 fully saturated rings. The molecule has 2 bridgehead atoms. The first-order valence-electron chi connectivity index (χ1n) is 13.0. The summed E-state index contributed by atoms with van der Waals surface area (Å²) in [7, 11) is 0. The van der Waals surface area contributed by atoms with Crippen molar-refractivity contribution in [3.63, 3.8) is 0 Å². The topological polar surface area (TPSA) is 109 Å². The van der Waals surface area contributed by atoms with Crippen LogP contribution in [0.25, 0.3) is 0 Å². The van der Waals surface area contributed by atoms with Crippen LogP contribution < -0.4 is 20.7 Å². The minimum absolute atomic E-state index is 0.0331. The van der Waals surface area contributed by atoms with Gasteiger partial charge in [0.2, 0.25) is 5.66 Å². The minimum atomic E-state index is -4.60. The number of allylic oxidation sites excluding steroid dienone is 1. The fourth-order valence-corrected chi connectivity index (χ4v) is 5.27. The monoisotopic (exact) mass is 558 g/mol. The summed E-state index contributed by atoms with van der Waals surface area (Å²) in [5.74, 6) is -0.271. The Hall–Kier alpha value is -3.84. The molecule has 4 aliphatic rings. The van der Waals surface area contributed by atoms with Crippen molar-refractivity contribution in [1.82, 2.24) is 20.5 Å². The summed E-state index contributed by atoms with van der Waals surface area (Å²) >= 11 is 0. The van der Waals surface area contributed by atoms with Gasteiger partial charge in [0.1, 0.15) is 30.1 Å². The third-order valence-electron chi connectivity index (χ3n) is 7.23. The average Bonchev–Trinajstić information content (AvgIpc) is 3.48. The number of hydrogen-bond donors (Lipinski definition) is 3. The van der Waals surface area contributed by atoms with Crippen LogP contribution in [0.5, 0.6) is 5.75 Å². The number of carbonyl (C=O) groups excluding carboxylic acids is 1. The molecule has 10 nitrogen and oxygen atoms in total. The van der Waals surface area contributed by atoms with E-state index in [2.05, 4.69) is 30.8 Å². The SMILES string of the molecule is CC1(C)OC[C@@H](COc2ccnc(NC(=O)C3(c4cccc(C(F)(F)F)c4)N=CC4=C(N[C@H]5CCN4C5)N3)c2)O1. The Morgan fingerprint density at radius 1 is 1.27 bits per heavy atom. The Balaban J connectivity index is 1.27. The van der Waals surface area contributed by atoms with E-state index in [0.717, 1.165) is 37.3 Å². The summed E-state index contributed by atoms with van der Waals surface area (Å²) in [6.45, 7) is 5.86. The molecule has 3 N–H and O–H groups in total. The van der Waals surface area contributed by atoms with Crippen molar-refractivity contribution in [2.45, 2.75) is 50.0 Å². The lowest BCUT2D eigenvalue weighted by molar-refractivity contribution is -0.141. The predicted molar refractivity (Wildman–Crippen MR) is 138 cm³/mol. The van der Waals surface area contributed by atoms with Crippen LogP contribution in [0.3, 0.4) is 0 Å². The van der Waals surface area contributed by atoms with Crippen molar-refractivity contribution < 1.29 is 32.2 Å². The number of aromatic nitrogens is 1. The van der Waals surface area contributed by atoms with Crippen LogP contribution in [0.2, 0.25) is 0 Å². The number of benzene rings is 1. The molecule has 1 unspecified atom stereocenters. The molecule has 2 saturated heterocycles. The standard InChI is InChI=1S/C27H29F3N6O4/c1-25(2)39-15-20(40-25)14-38-19-6-8-31-22(11-19)34-24(37)26(16-4-3-5-17(10-16)27(28,29)30)32-12-21-23(35-26)33-18-7-9-36(21)13-18/h3-6,8,10-12,18,20,33,35H,7,9,13-15H2,1-2H3,(H,31,34,37)/t18-,20+,26?/m0/s1. The Morgan fingerprint density at radius 2 is 2.12 bits per heavy atom. The van der Waals surface area contributed by atoms with E-state index in [4.69, 9.17) is 14.2 Å². The summed E-state index contributed by atoms with van der Waals surface area (Å²) in [6.07, 6.45) is -0.955. The normalized spacial score (nSPS) is 26.7. The van der Waals surface area contributed by atoms with Crippen LogP contribution >= 0.6 is 0 Å². The second kappa shape index (κ2) is 9.66. The van der Waals surface area contributed by atoms with E-state index in [0.29, 0.717) is 18.2 Å². The molecule has 5 heterocycles. The molecule has 1 aromatic carbocycles. The van der Waals surface area contributed by atoms with Crippen LogP contribution in [0.15, 0.2) is 59.1 Å². The lowest BCUT2D eigenvalue weighted by Gasteiger charge is -2.40. The number of fused-ring (bicyclic) bond motifs is 3. The Labute approximate surface area is 228 Å². The summed E-state index contributed by atoms with van der Waals surface area (Å²) < 4.78 is 58.0. The zero-order valence-electron chi connectivity index (χ0n) is 21.9. The molecule has 0 saturated carbocycles. The number of hydrogen-bond acceptors (Lipinski definition) is 9. The van der Waals surface area contributed by atoms with Gasteiger partial charge in [0, 0.05) is 37.0 Å². The molecular weight excluding hydrogens is 529 g/mol. The molecular formula is C27H29F3N6O4. The fraction of sp³-hybridized carbons (Fsp3) is 0.444. The zero-order chi connectivity index (χ0) is 28.1. The number of pyridine rings is 1. The average molecular weight is 559 g/mol. The second-order valence-corrected chi connectivity index (χ2v) is 10.6. The molecule has 4 aliphatic heterocycles. The van der Waals surface area contributed by atoms with Gasteiger partial charge in [-0.1, -0.05) is 12.1 Å². The van der Waals surface area contributed by atoms with Crippen LogP contribution in [-0.2, 0) is 26.1 Å². The van der Waals surface area contributed by atoms with Gasteiger partial charge >= 0.3 is 6.18 Å². The lowest BCUT2D eigenvalue weighted by Crippen LogP contribution is -2.57. The largest absolute Gasteiger partial charge is 0.491 e. The smallest absolute Gasteiger partial charge is 0.416 e. The minimum Gasteiger partial charge on any atom is -0.491 e. The Morgan fingerprint density at radius 3 is 2.90 bits per heavy atom. The van der Waals surface area contributed by atoms with Crippen molar-refractivity contribution in [1.29, 1.82) is 0 Å². The van der Waals surface area contributed by atoms with Crippen molar-refractivity contribution in [2.75, 3.05) is 31.6 Å². The molecule has 3 atom stereocenters. The van der Waals surface area contributed by atoms with Gasteiger partial charge in [-0.05, 0) is 38.5 Å². The Kier molecular flexibility index (Phi) is 6.37. The first kappa shape index (κ1) is 26.4. The van der Waals surface area contributed by atoms with Crippen LogP contribution in [0.4, 0.5) is 19.0 Å². The zero-order valence-corrected chi connectivity index (χ0v) is 21.9. The maximum absolute atomic E-state index is 13.9. The quantitative estimate of drug-likeness (QED) is 0.497. The summed E-state index contributed by atoms with van der Waals surface area (Å²) in [6, 6.07) is 7.92. The van der Waals surface area contributed by atoms with Gasteiger partial charge in [-0.2, -0.15) is 13.2 Å². The Bertz CT molecular complexity index is 1380. The van der Waals surface area contributed by atoms with Gasteiger partial charge in [-0.25, -0.2) is 9.98 Å². The van der Waals surface area contributed by atoms with Gasteiger partial charge in [-0.15, -0.1) is 0 Å². The van der Waals surface area contributed by atoms with Crippen molar-refractivity contribution in [3.05, 3.63) is 65.2 Å². The number of ether oxygens (including phenoxy) is 3. The van der Waals surface area contributed by atoms with Gasteiger partial charge < -0.3 is 35.1 Å². The summed E-state index contributed by atoms with van der Waals surface area (Å²) in [5.41, 5.74) is -1.97. The number of amides is 1. The molecule has 212 valence electrons. The molecule has 0 radical (unpaired) electrons. The third kappa shape index (κ3) is 5.06. The van der Waals surface area contributed by atoms with E-state index in [-0.39, 0.29) is 30.1 Å². The highest BCUT2D eigenvalue weighted by Crippen LogP contribution is 2.36. The van der Waals surface area contributed by atoms with Crippen LogP contribution in [-0.4, -0.2) is 66.2 Å². The number of aliphatic imine (C=N–C) groups is 1. The number of halogens is 3. The first-order valence-corrected chi connectivity index (χ1v) is 13.0. The number of rotatable bonds is 6. The molecule has 2 aromatic rings. The van der Waals surface area contributed by atoms with E-state index in [1.54, 1.807) is 12.3 Å². The third-order valence-corrected chi connectivity index (χ3v) is 7.23. The molecule has 0 aliphatic carbocycles. The van der Waals surface area contributed by atoms with Gasteiger partial charge in [0.05, 0.1) is 24.1 Å². The maximum Gasteiger partial charge on any atom is 0.416 e. The molecule has 1 amide bonds. The number of nitrogens with zero attached hydrogens (tertiary/aromatic N) is 3. The maximum atomic E-state index is 13.9. The van der Waals surface area contributed by atoms with E-state index < -0.39 is 29.1 Å². The molecule has 1 aromatic heterocycles. The number of anilines is 1. The molecule has 40 heavy (non-hydrogen) atoms. The van der Waals surface area contributed by atoms with E-state index in [9.17, 15) is 18.0 Å². The highest BCUT2D eigenvalue weighted by molar-refractivity contribution is 6.00. The van der Waals surface area contributed by atoms with Gasteiger partial charge in [-0.3, -0.25) is 4.79 Å². The van der Waals surface area contributed by atoms with Crippen molar-refractivity contribution >= 4 is 17.9 Å². The lowest BCUT2D eigenvalue weighted by atomic mass is 9.95. The van der Waals surface area contributed by atoms with E-state index in [1.807, 2.05) is 13.8 Å². The highest BCUT2D eigenvalue weighted by Gasteiger charge is 2.47. The van der Waals surface area contributed by atoms with Crippen LogP contribution in [0.1, 0.15) is 31.4 Å². The van der Waals surface area contributed by atoms with Gasteiger partial charge in [0.15, 0.2) is 5.79 Å². The number of alkyl halides is 3. The number of nitrogens with one attached hydrogen (secondary N) is 3. The summed E-state index contributed by atoms with van der Waals surface area (Å²) in [4.78, 5) is 24.8. The van der Waals surface area contributed by atoms with E-state index in [1.165, 1.54) is 24.4 Å². The highest BCUT2D eigenvalue weighted by atomic mass is 19.4. The number of carbonyl (C=O) groups is 1. The van der Waals surface area contributed by atoms with Crippen molar-refractivity contribution in [3.8, 4) is 5.75 Å². The van der Waals surface area contributed by atoms with E-state index >= 15 is 0 Å². The van der Waals surface area contributed by atoms with Gasteiger partial charge in [0.25, 0.3) is 5.91 Å². The molecule has 13 heteroatoms. The summed E-state index contributed by atoms with van der Waals surface area (Å²) in [5, 5.41) is 9.21. The first-order chi connectivity index (χ1) is 19.0. The second-order valence-electron chi connectivity index (χ2n) is 10.6. The van der Waals surface area contributed by atoms with Crippen LogP contribution in [0, 0.1) is 0 Å².